The van der Waals surface area contributed by atoms with Gasteiger partial charge in [0, 0.05) is 19.7 Å². The van der Waals surface area contributed by atoms with E-state index in [-0.39, 0.29) is 23.2 Å². The molecule has 0 bridgehead atoms. The van der Waals surface area contributed by atoms with Crippen molar-refractivity contribution < 1.29 is 9.32 Å². The van der Waals surface area contributed by atoms with E-state index in [9.17, 15) is 9.59 Å². The van der Waals surface area contributed by atoms with Gasteiger partial charge in [0.05, 0.1) is 16.9 Å². The third kappa shape index (κ3) is 2.52. The Morgan fingerprint density at radius 3 is 2.88 bits per heavy atom. The molecular weight excluding hydrogens is 320 g/mol. The summed E-state index contributed by atoms with van der Waals surface area (Å²) in [6.45, 7) is 2.36. The summed E-state index contributed by atoms with van der Waals surface area (Å²) >= 11 is 0. The minimum absolute atomic E-state index is 0.0998. The zero-order valence-corrected chi connectivity index (χ0v) is 14.1. The summed E-state index contributed by atoms with van der Waals surface area (Å²) in [5, 5.41) is 4.40. The first-order valence-electron chi connectivity index (χ1n) is 8.26. The number of nitrogens with zero attached hydrogens (tertiary/aromatic N) is 4. The molecule has 0 spiro atoms. The largest absolute Gasteiger partial charge is 0.361 e. The highest BCUT2D eigenvalue weighted by Gasteiger charge is 2.34. The summed E-state index contributed by atoms with van der Waals surface area (Å²) < 4.78 is 6.57. The number of aryl methyl sites for hydroxylation is 1. The molecule has 1 unspecified atom stereocenters. The summed E-state index contributed by atoms with van der Waals surface area (Å²) in [4.78, 5) is 31.8. The van der Waals surface area contributed by atoms with E-state index in [4.69, 9.17) is 4.52 Å². The van der Waals surface area contributed by atoms with E-state index in [1.165, 1.54) is 0 Å². The quantitative estimate of drug-likeness (QED) is 0.715. The van der Waals surface area contributed by atoms with E-state index in [0.29, 0.717) is 29.0 Å². The average molecular weight is 338 g/mol. The second-order valence-electron chi connectivity index (χ2n) is 6.33. The number of aromatic nitrogens is 3. The maximum absolute atomic E-state index is 12.8. The molecule has 3 heterocycles. The summed E-state index contributed by atoms with van der Waals surface area (Å²) in [5.74, 6) is 1.01. The van der Waals surface area contributed by atoms with Gasteiger partial charge in [-0.25, -0.2) is 4.98 Å². The van der Waals surface area contributed by atoms with Crippen LogP contribution in [0.4, 0.5) is 0 Å². The van der Waals surface area contributed by atoms with E-state index in [0.717, 1.165) is 12.8 Å². The Morgan fingerprint density at radius 2 is 2.12 bits per heavy atom. The number of para-hydroxylation sites is 1. The molecule has 3 aromatic rings. The van der Waals surface area contributed by atoms with Crippen molar-refractivity contribution in [3.05, 3.63) is 58.0 Å². The summed E-state index contributed by atoms with van der Waals surface area (Å²) in [6.07, 6.45) is 1.62. The Hall–Kier alpha value is -2.96. The molecule has 1 aliphatic heterocycles. The van der Waals surface area contributed by atoms with E-state index in [1.54, 1.807) is 35.6 Å². The zero-order chi connectivity index (χ0) is 17.6. The van der Waals surface area contributed by atoms with Crippen molar-refractivity contribution in [3.63, 3.8) is 0 Å². The molecule has 7 heteroatoms. The first kappa shape index (κ1) is 15.6. The lowest BCUT2D eigenvalue weighted by Crippen LogP contribution is -2.35. The van der Waals surface area contributed by atoms with Crippen molar-refractivity contribution in [1.29, 1.82) is 0 Å². The van der Waals surface area contributed by atoms with Gasteiger partial charge in [-0.1, -0.05) is 17.3 Å². The van der Waals surface area contributed by atoms with Crippen LogP contribution in [0.25, 0.3) is 10.9 Å². The maximum Gasteiger partial charge on any atom is 0.276 e. The molecule has 1 atom stereocenters. The molecule has 1 aromatic carbocycles. The fourth-order valence-corrected chi connectivity index (χ4v) is 3.43. The van der Waals surface area contributed by atoms with Gasteiger partial charge < -0.3 is 9.42 Å². The number of likely N-dealkylation sites (tertiary alicyclic amines) is 1. The van der Waals surface area contributed by atoms with Gasteiger partial charge in [-0.05, 0) is 31.9 Å². The van der Waals surface area contributed by atoms with Crippen molar-refractivity contribution in [2.45, 2.75) is 25.8 Å². The number of fused-ring (bicyclic) bond motifs is 1. The number of carbonyl (C=O) groups is 1. The van der Waals surface area contributed by atoms with Gasteiger partial charge in [0.1, 0.15) is 11.6 Å². The van der Waals surface area contributed by atoms with Gasteiger partial charge in [0.15, 0.2) is 5.69 Å². The molecule has 1 saturated heterocycles. The number of amides is 1. The van der Waals surface area contributed by atoms with Crippen LogP contribution in [0.15, 0.2) is 39.6 Å². The minimum Gasteiger partial charge on any atom is -0.361 e. The second-order valence-corrected chi connectivity index (χ2v) is 6.33. The molecule has 1 fully saturated rings. The summed E-state index contributed by atoms with van der Waals surface area (Å²) in [5.41, 5.74) is 0.838. The highest BCUT2D eigenvalue weighted by Crippen LogP contribution is 2.32. The second kappa shape index (κ2) is 5.84. The molecule has 4 rings (SSSR count). The fourth-order valence-electron chi connectivity index (χ4n) is 3.43. The highest BCUT2D eigenvalue weighted by molar-refractivity contribution is 5.92. The monoisotopic (exact) mass is 338 g/mol. The average Bonchev–Trinajstić information content (AvgIpc) is 3.26. The van der Waals surface area contributed by atoms with Crippen LogP contribution in [0.5, 0.6) is 0 Å². The number of hydrogen-bond donors (Lipinski definition) is 0. The number of benzene rings is 1. The third-order valence-electron chi connectivity index (χ3n) is 4.68. The summed E-state index contributed by atoms with van der Waals surface area (Å²) in [7, 11) is 1.71. The molecule has 0 N–H and O–H groups in total. The van der Waals surface area contributed by atoms with Crippen LogP contribution in [-0.4, -0.2) is 32.1 Å². The van der Waals surface area contributed by atoms with Crippen LogP contribution in [-0.2, 0) is 7.05 Å². The fraction of sp³-hybridized carbons (Fsp3) is 0.333. The van der Waals surface area contributed by atoms with Crippen LogP contribution in [0.1, 0.15) is 41.0 Å². The van der Waals surface area contributed by atoms with Crippen molar-refractivity contribution in [1.82, 2.24) is 19.6 Å². The maximum atomic E-state index is 12.8. The molecule has 1 aliphatic rings. The lowest BCUT2D eigenvalue weighted by Gasteiger charge is -2.25. The van der Waals surface area contributed by atoms with Gasteiger partial charge >= 0.3 is 0 Å². The van der Waals surface area contributed by atoms with Gasteiger partial charge in [-0.15, -0.1) is 0 Å². The molecule has 0 saturated carbocycles. The molecular formula is C18H18N4O3. The minimum atomic E-state index is -0.244. The van der Waals surface area contributed by atoms with Crippen LogP contribution in [0.2, 0.25) is 0 Å². The van der Waals surface area contributed by atoms with E-state index < -0.39 is 0 Å². The van der Waals surface area contributed by atoms with Crippen molar-refractivity contribution >= 4 is 16.8 Å². The Bertz CT molecular complexity index is 1020. The molecule has 2 aromatic heterocycles. The van der Waals surface area contributed by atoms with Crippen LogP contribution >= 0.6 is 0 Å². The highest BCUT2D eigenvalue weighted by atomic mass is 16.5. The molecule has 7 nitrogen and oxygen atoms in total. The van der Waals surface area contributed by atoms with Crippen molar-refractivity contribution in [2.75, 3.05) is 6.54 Å². The molecule has 0 aliphatic carbocycles. The van der Waals surface area contributed by atoms with E-state index in [2.05, 4.69) is 10.1 Å². The normalized spacial score (nSPS) is 17.4. The van der Waals surface area contributed by atoms with Crippen LogP contribution in [0, 0.1) is 6.92 Å². The van der Waals surface area contributed by atoms with Crippen molar-refractivity contribution in [2.24, 2.45) is 7.05 Å². The summed E-state index contributed by atoms with van der Waals surface area (Å²) in [6, 6.07) is 8.65. The third-order valence-corrected chi connectivity index (χ3v) is 4.68. The number of hydrogen-bond acceptors (Lipinski definition) is 5. The SMILES string of the molecule is Cc1cc(C(=O)N2CCCC2c2nc3ccccc3c(=O)n2C)no1. The Balaban J connectivity index is 1.78. The molecule has 1 amide bonds. The molecule has 128 valence electrons. The first-order valence-corrected chi connectivity index (χ1v) is 8.26. The Kier molecular flexibility index (Phi) is 3.63. The van der Waals surface area contributed by atoms with Gasteiger partial charge in [-0.3, -0.25) is 14.2 Å². The van der Waals surface area contributed by atoms with Crippen molar-refractivity contribution in [3.8, 4) is 0 Å². The smallest absolute Gasteiger partial charge is 0.276 e. The van der Waals surface area contributed by atoms with Crippen LogP contribution < -0.4 is 5.56 Å². The lowest BCUT2D eigenvalue weighted by atomic mass is 10.1. The number of carbonyl (C=O) groups excluding carboxylic acids is 1. The van der Waals surface area contributed by atoms with Gasteiger partial charge in [0.2, 0.25) is 0 Å². The number of rotatable bonds is 2. The Labute approximate surface area is 143 Å². The van der Waals surface area contributed by atoms with Crippen LogP contribution in [0.3, 0.4) is 0 Å². The zero-order valence-electron chi connectivity index (χ0n) is 14.1. The Morgan fingerprint density at radius 1 is 1.32 bits per heavy atom. The van der Waals surface area contributed by atoms with Gasteiger partial charge in [0.25, 0.3) is 11.5 Å². The first-order chi connectivity index (χ1) is 12.1. The van der Waals surface area contributed by atoms with E-state index >= 15 is 0 Å². The standard InChI is InChI=1S/C18H18N4O3/c1-11-10-14(20-25-11)18(24)22-9-5-8-15(22)16-19-13-7-4-3-6-12(13)17(23)21(16)2/h3-4,6-7,10,15H,5,8-9H2,1-2H3. The van der Waals surface area contributed by atoms with Gasteiger partial charge in [-0.2, -0.15) is 0 Å². The van der Waals surface area contributed by atoms with E-state index in [1.807, 2.05) is 18.2 Å². The predicted octanol–water partition coefficient (Wildman–Crippen LogP) is 2.21. The lowest BCUT2D eigenvalue weighted by molar-refractivity contribution is 0.0716. The predicted molar refractivity (Wildman–Crippen MR) is 91.2 cm³/mol. The molecule has 0 radical (unpaired) electrons. The topological polar surface area (TPSA) is 81.2 Å². The molecule has 25 heavy (non-hydrogen) atoms.